The van der Waals surface area contributed by atoms with Gasteiger partial charge in [-0.15, -0.1) is 4.52 Å². The summed E-state index contributed by atoms with van der Waals surface area (Å²) in [6, 6.07) is 0. The molecule has 0 bridgehead atoms. The molecule has 9 heteroatoms. The zero-order chi connectivity index (χ0) is 18.1. The molecular weight excluding hydrogens is 340 g/mol. The normalized spacial score (nSPS) is 13.3. The Morgan fingerprint density at radius 1 is 0.739 bits per heavy atom. The first-order valence-electron chi connectivity index (χ1n) is 7.87. The Morgan fingerprint density at radius 2 is 1.04 bits per heavy atom. The summed E-state index contributed by atoms with van der Waals surface area (Å²) in [6.07, 6.45) is 0. The molecule has 0 fully saturated rings. The fraction of sp³-hybridized carbons (Fsp3) is 1.00. The molecule has 0 heterocycles. The van der Waals surface area contributed by atoms with Crippen molar-refractivity contribution < 1.29 is 27.2 Å². The molecular formula is C14H33NO6P2. The van der Waals surface area contributed by atoms with Crippen LogP contribution in [0.1, 0.15) is 41.5 Å². The number of rotatable bonds is 12. The molecule has 0 rings (SSSR count). The molecule has 0 aliphatic carbocycles. The van der Waals surface area contributed by atoms with Gasteiger partial charge in [0.25, 0.3) is 0 Å². The summed E-state index contributed by atoms with van der Waals surface area (Å²) in [7, 11) is -4.34. The van der Waals surface area contributed by atoms with E-state index in [4.69, 9.17) is 22.6 Å². The predicted octanol–water partition coefficient (Wildman–Crippen LogP) is 5.35. The molecule has 0 aromatic rings. The van der Waals surface area contributed by atoms with Crippen molar-refractivity contribution in [3.63, 3.8) is 0 Å². The molecule has 0 spiro atoms. The van der Waals surface area contributed by atoms with E-state index < -0.39 is 15.5 Å². The van der Waals surface area contributed by atoms with Gasteiger partial charge in [0.15, 0.2) is 0 Å². The maximum Gasteiger partial charge on any atom is 0.457 e. The SMILES string of the molecule is COP(=O)(N=P(OCC(C)C)(OCC(C)C)OCC(C)C)OC. The molecule has 0 radical (unpaired) electrons. The Bertz CT molecular complexity index is 379. The van der Waals surface area contributed by atoms with Gasteiger partial charge in [0.1, 0.15) is 0 Å². The monoisotopic (exact) mass is 373 g/mol. The maximum atomic E-state index is 12.5. The van der Waals surface area contributed by atoms with Crippen LogP contribution in [0.4, 0.5) is 0 Å². The molecule has 0 N–H and O–H groups in total. The van der Waals surface area contributed by atoms with Gasteiger partial charge in [0.2, 0.25) is 0 Å². The number of hydrogen-bond donors (Lipinski definition) is 0. The summed E-state index contributed by atoms with van der Waals surface area (Å²) in [5.74, 6) is 0.748. The first-order chi connectivity index (χ1) is 10.6. The van der Waals surface area contributed by atoms with Gasteiger partial charge in [-0.1, -0.05) is 41.5 Å². The molecule has 0 aromatic carbocycles. The van der Waals surface area contributed by atoms with Gasteiger partial charge >= 0.3 is 15.5 Å². The van der Waals surface area contributed by atoms with Gasteiger partial charge in [-0.3, -0.25) is 9.05 Å². The predicted molar refractivity (Wildman–Crippen MR) is 93.3 cm³/mol. The van der Waals surface area contributed by atoms with Crippen molar-refractivity contribution in [2.75, 3.05) is 34.0 Å². The highest BCUT2D eigenvalue weighted by Crippen LogP contribution is 2.64. The lowest BCUT2D eigenvalue weighted by Crippen LogP contribution is -2.11. The van der Waals surface area contributed by atoms with E-state index in [1.54, 1.807) is 0 Å². The van der Waals surface area contributed by atoms with E-state index in [1.807, 2.05) is 41.5 Å². The van der Waals surface area contributed by atoms with Crippen LogP contribution >= 0.6 is 15.5 Å². The molecule has 0 atom stereocenters. The summed E-state index contributed by atoms with van der Waals surface area (Å²) < 4.78 is 44.0. The Labute approximate surface area is 141 Å². The second-order valence-electron chi connectivity index (χ2n) is 6.46. The van der Waals surface area contributed by atoms with Crippen LogP contribution in [0.25, 0.3) is 0 Å². The quantitative estimate of drug-likeness (QED) is 0.429. The van der Waals surface area contributed by atoms with Crippen molar-refractivity contribution in [1.29, 1.82) is 0 Å². The zero-order valence-electron chi connectivity index (χ0n) is 15.6. The third kappa shape index (κ3) is 9.98. The number of nitrogens with zero attached hydrogens (tertiary/aromatic N) is 1. The molecule has 0 aliphatic heterocycles. The van der Waals surface area contributed by atoms with E-state index in [1.165, 1.54) is 14.2 Å². The van der Waals surface area contributed by atoms with Crippen molar-refractivity contribution in [3.05, 3.63) is 0 Å². The van der Waals surface area contributed by atoms with Crippen LogP contribution < -0.4 is 0 Å². The minimum atomic E-state index is -3.68. The van der Waals surface area contributed by atoms with E-state index >= 15 is 0 Å². The minimum Gasteiger partial charge on any atom is -0.302 e. The lowest BCUT2D eigenvalue weighted by Gasteiger charge is -2.27. The lowest BCUT2D eigenvalue weighted by molar-refractivity contribution is 0.118. The van der Waals surface area contributed by atoms with Crippen LogP contribution in [0, 0.1) is 17.8 Å². The summed E-state index contributed by atoms with van der Waals surface area (Å²) >= 11 is 0. The average Bonchev–Trinajstić information content (AvgIpc) is 2.48. The van der Waals surface area contributed by atoms with Crippen LogP contribution in [0.15, 0.2) is 4.52 Å². The highest BCUT2D eigenvalue weighted by atomic mass is 31.2. The Balaban J connectivity index is 5.68. The van der Waals surface area contributed by atoms with Crippen LogP contribution in [0.3, 0.4) is 0 Å². The van der Waals surface area contributed by atoms with Gasteiger partial charge < -0.3 is 13.6 Å². The smallest absolute Gasteiger partial charge is 0.302 e. The van der Waals surface area contributed by atoms with Crippen molar-refractivity contribution in [2.45, 2.75) is 41.5 Å². The Kier molecular flexibility index (Phi) is 11.1. The fourth-order valence-corrected chi connectivity index (χ4v) is 5.31. The highest BCUT2D eigenvalue weighted by Gasteiger charge is 2.33. The Morgan fingerprint density at radius 3 is 1.26 bits per heavy atom. The van der Waals surface area contributed by atoms with E-state index in [9.17, 15) is 4.57 Å². The molecule has 23 heavy (non-hydrogen) atoms. The topological polar surface area (TPSA) is 75.6 Å². The van der Waals surface area contributed by atoms with Crippen LogP contribution in [-0.4, -0.2) is 34.0 Å². The van der Waals surface area contributed by atoms with Crippen molar-refractivity contribution in [2.24, 2.45) is 22.3 Å². The van der Waals surface area contributed by atoms with Crippen molar-refractivity contribution in [3.8, 4) is 0 Å². The lowest BCUT2D eigenvalue weighted by atomic mass is 10.2. The van der Waals surface area contributed by atoms with E-state index in [0.29, 0.717) is 19.8 Å². The summed E-state index contributed by atoms with van der Waals surface area (Å²) in [6.45, 7) is 13.2. The molecule has 7 nitrogen and oxygen atoms in total. The van der Waals surface area contributed by atoms with E-state index in [0.717, 1.165) is 0 Å². The molecule has 0 amide bonds. The van der Waals surface area contributed by atoms with Gasteiger partial charge in [0.05, 0.1) is 19.8 Å². The van der Waals surface area contributed by atoms with Gasteiger partial charge in [-0.2, -0.15) is 0 Å². The third-order valence-electron chi connectivity index (χ3n) is 2.39. The van der Waals surface area contributed by atoms with Crippen LogP contribution in [0.2, 0.25) is 0 Å². The minimum absolute atomic E-state index is 0.249. The molecule has 140 valence electrons. The van der Waals surface area contributed by atoms with Gasteiger partial charge in [0, 0.05) is 14.2 Å². The van der Waals surface area contributed by atoms with Crippen LogP contribution in [-0.2, 0) is 27.2 Å². The van der Waals surface area contributed by atoms with Crippen LogP contribution in [0.5, 0.6) is 0 Å². The first-order valence-corrected chi connectivity index (χ1v) is 10.9. The van der Waals surface area contributed by atoms with E-state index in [-0.39, 0.29) is 17.8 Å². The Hall–Kier alpha value is 0.260. The van der Waals surface area contributed by atoms with Gasteiger partial charge in [-0.05, 0) is 17.8 Å². The first kappa shape index (κ1) is 23.3. The van der Waals surface area contributed by atoms with Gasteiger partial charge in [-0.25, -0.2) is 4.57 Å². The second kappa shape index (κ2) is 11.0. The molecule has 0 saturated carbocycles. The maximum absolute atomic E-state index is 12.5. The fourth-order valence-electron chi connectivity index (χ4n) is 1.20. The van der Waals surface area contributed by atoms with Crippen molar-refractivity contribution in [1.82, 2.24) is 0 Å². The zero-order valence-corrected chi connectivity index (χ0v) is 17.4. The standard InChI is InChI=1S/C14H33NO6P2/c1-12(2)9-19-23(20-10-13(3)4,21-11-14(5)6)15-22(16,17-7)18-8/h12-14H,9-11H2,1-8H3. The molecule has 0 aromatic heterocycles. The largest absolute Gasteiger partial charge is 0.457 e. The van der Waals surface area contributed by atoms with E-state index in [2.05, 4.69) is 4.52 Å². The third-order valence-corrected chi connectivity index (χ3v) is 6.50. The summed E-state index contributed by atoms with van der Waals surface area (Å²) in [5.41, 5.74) is 0. The molecule has 0 saturated heterocycles. The van der Waals surface area contributed by atoms with Crippen molar-refractivity contribution >= 4 is 15.5 Å². The molecule has 0 unspecified atom stereocenters. The molecule has 0 aliphatic rings. The average molecular weight is 373 g/mol. The summed E-state index contributed by atoms with van der Waals surface area (Å²) in [5, 5.41) is 0. The second-order valence-corrected chi connectivity index (χ2v) is 10.6. The highest BCUT2D eigenvalue weighted by molar-refractivity contribution is 7.63. The number of hydrogen-bond acceptors (Lipinski definition) is 6. The summed E-state index contributed by atoms with van der Waals surface area (Å²) in [4.78, 5) is 0.